The van der Waals surface area contributed by atoms with Crippen LogP contribution in [0.3, 0.4) is 0 Å². The van der Waals surface area contributed by atoms with Crippen LogP contribution in [0.2, 0.25) is 0 Å². The molecule has 0 aliphatic rings. The molecule has 0 radical (unpaired) electrons. The van der Waals surface area contributed by atoms with Crippen LogP contribution in [0.1, 0.15) is 32.3 Å². The third kappa shape index (κ3) is 4.36. The summed E-state index contributed by atoms with van der Waals surface area (Å²) in [6, 6.07) is 10.8. The first-order valence-corrected chi connectivity index (χ1v) is 6.17. The van der Waals surface area contributed by atoms with E-state index in [0.29, 0.717) is 5.41 Å². The van der Waals surface area contributed by atoms with Crippen molar-refractivity contribution in [3.05, 3.63) is 35.9 Å². The summed E-state index contributed by atoms with van der Waals surface area (Å²) in [6.07, 6.45) is 2.54. The van der Waals surface area contributed by atoms with Crippen LogP contribution in [0.25, 0.3) is 0 Å². The van der Waals surface area contributed by atoms with E-state index in [0.717, 1.165) is 4.48 Å². The summed E-state index contributed by atoms with van der Waals surface area (Å²) in [5.41, 5.74) is 1.76. The summed E-state index contributed by atoms with van der Waals surface area (Å²) in [4.78, 5) is 0. The number of nitrogens with zero attached hydrogens (tertiary/aromatic N) is 1. The van der Waals surface area contributed by atoms with Gasteiger partial charge in [0, 0.05) is 0 Å². The molecule has 0 amide bonds. The molecule has 0 aromatic heterocycles. The van der Waals surface area contributed by atoms with Crippen molar-refractivity contribution in [2.75, 3.05) is 27.7 Å². The quantitative estimate of drug-likeness (QED) is 0.667. The van der Waals surface area contributed by atoms with Crippen LogP contribution >= 0.6 is 0 Å². The fraction of sp³-hybridized carbons (Fsp3) is 0.600. The Morgan fingerprint density at radius 3 is 2.06 bits per heavy atom. The largest absolute Gasteiger partial charge is 0.331 e. The molecule has 0 bridgehead atoms. The second kappa shape index (κ2) is 5.01. The Morgan fingerprint density at radius 2 is 1.56 bits per heavy atom. The molecule has 0 unspecified atom stereocenters. The van der Waals surface area contributed by atoms with E-state index in [1.54, 1.807) is 0 Å². The van der Waals surface area contributed by atoms with Crippen LogP contribution in [0.15, 0.2) is 30.3 Å². The highest BCUT2D eigenvalue weighted by Crippen LogP contribution is 2.28. The lowest BCUT2D eigenvalue weighted by Gasteiger charge is -2.29. The molecule has 0 fully saturated rings. The first-order chi connectivity index (χ1) is 7.31. The molecule has 0 aliphatic carbocycles. The van der Waals surface area contributed by atoms with Crippen molar-refractivity contribution >= 4 is 0 Å². The van der Waals surface area contributed by atoms with Crippen LogP contribution < -0.4 is 0 Å². The standard InChI is InChI=1S/C15H26N/c1-15(2,12-9-13-16(3,4)5)14-10-7-6-8-11-14/h6-8,10-11H,9,12-13H2,1-5H3/q+1. The fourth-order valence-electron chi connectivity index (χ4n) is 2.03. The zero-order chi connectivity index (χ0) is 12.2. The van der Waals surface area contributed by atoms with E-state index in [-0.39, 0.29) is 0 Å². The minimum Gasteiger partial charge on any atom is -0.331 e. The molecule has 1 aromatic carbocycles. The maximum atomic E-state index is 2.35. The summed E-state index contributed by atoms with van der Waals surface area (Å²) in [6.45, 7) is 5.94. The average molecular weight is 220 g/mol. The van der Waals surface area contributed by atoms with Crippen molar-refractivity contribution in [1.29, 1.82) is 0 Å². The Balaban J connectivity index is 2.53. The molecule has 1 aromatic rings. The molecule has 16 heavy (non-hydrogen) atoms. The number of benzene rings is 1. The maximum Gasteiger partial charge on any atom is 0.0780 e. The summed E-state index contributed by atoms with van der Waals surface area (Å²) in [7, 11) is 6.78. The fourth-order valence-corrected chi connectivity index (χ4v) is 2.03. The molecule has 1 nitrogen and oxygen atoms in total. The van der Waals surface area contributed by atoms with E-state index in [2.05, 4.69) is 65.3 Å². The summed E-state index contributed by atoms with van der Waals surface area (Å²) >= 11 is 0. The van der Waals surface area contributed by atoms with Gasteiger partial charge in [0.1, 0.15) is 0 Å². The topological polar surface area (TPSA) is 0 Å². The van der Waals surface area contributed by atoms with Crippen molar-refractivity contribution in [1.82, 2.24) is 0 Å². The second-order valence-electron chi connectivity index (χ2n) is 6.37. The van der Waals surface area contributed by atoms with Crippen molar-refractivity contribution in [2.24, 2.45) is 0 Å². The molecule has 0 spiro atoms. The highest BCUT2D eigenvalue weighted by atomic mass is 15.3. The van der Waals surface area contributed by atoms with E-state index in [1.165, 1.54) is 24.9 Å². The molecule has 0 atom stereocenters. The smallest absolute Gasteiger partial charge is 0.0780 e. The van der Waals surface area contributed by atoms with Gasteiger partial charge in [-0.2, -0.15) is 0 Å². The van der Waals surface area contributed by atoms with Crippen molar-refractivity contribution in [3.63, 3.8) is 0 Å². The van der Waals surface area contributed by atoms with Gasteiger partial charge in [0.05, 0.1) is 27.7 Å². The van der Waals surface area contributed by atoms with Gasteiger partial charge >= 0.3 is 0 Å². The lowest BCUT2D eigenvalue weighted by atomic mass is 9.80. The lowest BCUT2D eigenvalue weighted by molar-refractivity contribution is -0.870. The van der Waals surface area contributed by atoms with E-state index in [4.69, 9.17) is 0 Å². The van der Waals surface area contributed by atoms with Gasteiger partial charge in [-0.05, 0) is 23.8 Å². The van der Waals surface area contributed by atoms with Crippen LogP contribution in [0, 0.1) is 0 Å². The summed E-state index contributed by atoms with van der Waals surface area (Å²) in [5.74, 6) is 0. The molecular weight excluding hydrogens is 194 g/mol. The van der Waals surface area contributed by atoms with Gasteiger partial charge in [0.2, 0.25) is 0 Å². The Labute approximate surface area is 101 Å². The van der Waals surface area contributed by atoms with Gasteiger partial charge in [0.25, 0.3) is 0 Å². The SMILES string of the molecule is CC(C)(CCC[N+](C)(C)C)c1ccccc1. The minimum absolute atomic E-state index is 0.302. The van der Waals surface area contributed by atoms with Gasteiger partial charge in [-0.25, -0.2) is 0 Å². The maximum absolute atomic E-state index is 2.35. The van der Waals surface area contributed by atoms with E-state index in [9.17, 15) is 0 Å². The third-order valence-electron chi connectivity index (χ3n) is 3.19. The number of hydrogen-bond acceptors (Lipinski definition) is 0. The monoisotopic (exact) mass is 220 g/mol. The summed E-state index contributed by atoms with van der Waals surface area (Å²) < 4.78 is 1.06. The second-order valence-corrected chi connectivity index (χ2v) is 6.37. The average Bonchev–Trinajstić information content (AvgIpc) is 2.17. The molecule has 0 aliphatic heterocycles. The first kappa shape index (κ1) is 13.2. The highest BCUT2D eigenvalue weighted by molar-refractivity contribution is 5.23. The predicted molar refractivity (Wildman–Crippen MR) is 71.6 cm³/mol. The number of rotatable bonds is 5. The normalized spacial score (nSPS) is 12.8. The van der Waals surface area contributed by atoms with Crippen LogP contribution in [-0.2, 0) is 5.41 Å². The Hall–Kier alpha value is -0.820. The number of hydrogen-bond donors (Lipinski definition) is 0. The first-order valence-electron chi connectivity index (χ1n) is 6.17. The van der Waals surface area contributed by atoms with Crippen molar-refractivity contribution < 1.29 is 4.48 Å². The molecule has 90 valence electrons. The van der Waals surface area contributed by atoms with Crippen molar-refractivity contribution in [2.45, 2.75) is 32.1 Å². The number of quaternary nitrogens is 1. The molecule has 0 saturated carbocycles. The van der Waals surface area contributed by atoms with Gasteiger partial charge in [-0.3, -0.25) is 0 Å². The van der Waals surface area contributed by atoms with E-state index in [1.807, 2.05) is 0 Å². The van der Waals surface area contributed by atoms with Gasteiger partial charge in [-0.1, -0.05) is 44.2 Å². The van der Waals surface area contributed by atoms with E-state index < -0.39 is 0 Å². The molecular formula is C15H26N+. The van der Waals surface area contributed by atoms with Gasteiger partial charge in [0.15, 0.2) is 0 Å². The molecule has 0 heterocycles. The predicted octanol–water partition coefficient (Wildman–Crippen LogP) is 3.45. The molecule has 1 heteroatoms. The molecule has 0 saturated heterocycles. The Kier molecular flexibility index (Phi) is 4.15. The molecule has 0 N–H and O–H groups in total. The van der Waals surface area contributed by atoms with Gasteiger partial charge in [-0.15, -0.1) is 0 Å². The third-order valence-corrected chi connectivity index (χ3v) is 3.19. The highest BCUT2D eigenvalue weighted by Gasteiger charge is 2.20. The zero-order valence-corrected chi connectivity index (χ0v) is 11.5. The van der Waals surface area contributed by atoms with Crippen LogP contribution in [0.4, 0.5) is 0 Å². The van der Waals surface area contributed by atoms with Crippen LogP contribution in [-0.4, -0.2) is 32.2 Å². The molecule has 1 rings (SSSR count). The summed E-state index contributed by atoms with van der Waals surface area (Å²) in [5, 5.41) is 0. The zero-order valence-electron chi connectivity index (χ0n) is 11.5. The van der Waals surface area contributed by atoms with Crippen LogP contribution in [0.5, 0.6) is 0 Å². The van der Waals surface area contributed by atoms with Gasteiger partial charge < -0.3 is 4.48 Å². The lowest BCUT2D eigenvalue weighted by Crippen LogP contribution is -2.36. The Morgan fingerprint density at radius 1 is 1.00 bits per heavy atom. The van der Waals surface area contributed by atoms with E-state index >= 15 is 0 Å². The van der Waals surface area contributed by atoms with Crippen molar-refractivity contribution in [3.8, 4) is 0 Å². The minimum atomic E-state index is 0.302. The Bertz CT molecular complexity index is 306.